The van der Waals surface area contributed by atoms with Crippen molar-refractivity contribution in [2.75, 3.05) is 23.3 Å². The highest BCUT2D eigenvalue weighted by atomic mass is 32.2. The minimum atomic E-state index is -0.363. The molecular weight excluding hydrogens is 430 g/mol. The fraction of sp³-hybridized carbons (Fsp3) is 0.217. The van der Waals surface area contributed by atoms with Gasteiger partial charge in [-0.15, -0.1) is 0 Å². The predicted octanol–water partition coefficient (Wildman–Crippen LogP) is 3.96. The molecule has 2 aliphatic heterocycles. The van der Waals surface area contributed by atoms with Crippen LogP contribution in [0.1, 0.15) is 24.5 Å². The van der Waals surface area contributed by atoms with Gasteiger partial charge in [-0.25, -0.2) is 0 Å². The van der Waals surface area contributed by atoms with E-state index in [1.54, 1.807) is 18.2 Å². The molecule has 0 saturated carbocycles. The summed E-state index contributed by atoms with van der Waals surface area (Å²) in [6.45, 7) is 4.27. The van der Waals surface area contributed by atoms with Gasteiger partial charge in [-0.3, -0.25) is 24.2 Å². The van der Waals surface area contributed by atoms with E-state index in [0.29, 0.717) is 38.3 Å². The maximum absolute atomic E-state index is 13.4. The molecule has 3 amide bonds. The van der Waals surface area contributed by atoms with Gasteiger partial charge >= 0.3 is 0 Å². The van der Waals surface area contributed by atoms with Gasteiger partial charge in [-0.1, -0.05) is 61.2 Å². The molecule has 0 spiro atoms. The van der Waals surface area contributed by atoms with Crippen molar-refractivity contribution in [1.82, 2.24) is 4.90 Å². The number of carbonyl (C=O) groups excluding carboxylic acids is 3. The highest BCUT2D eigenvalue weighted by molar-refractivity contribution is 8.26. The first-order valence-electron chi connectivity index (χ1n) is 9.96. The van der Waals surface area contributed by atoms with Crippen molar-refractivity contribution in [2.24, 2.45) is 0 Å². The van der Waals surface area contributed by atoms with Crippen LogP contribution in [-0.2, 0) is 14.4 Å². The van der Waals surface area contributed by atoms with Crippen LogP contribution in [0.15, 0.2) is 53.4 Å². The van der Waals surface area contributed by atoms with Crippen LogP contribution in [0.5, 0.6) is 0 Å². The predicted molar refractivity (Wildman–Crippen MR) is 128 cm³/mol. The van der Waals surface area contributed by atoms with E-state index < -0.39 is 0 Å². The molecule has 0 bridgehead atoms. The molecule has 31 heavy (non-hydrogen) atoms. The lowest BCUT2D eigenvalue weighted by Crippen LogP contribution is -2.35. The zero-order chi connectivity index (χ0) is 22.1. The van der Waals surface area contributed by atoms with Gasteiger partial charge in [0.05, 0.1) is 16.2 Å². The van der Waals surface area contributed by atoms with Crippen molar-refractivity contribution in [1.29, 1.82) is 0 Å². The van der Waals surface area contributed by atoms with Crippen LogP contribution in [0.2, 0.25) is 0 Å². The van der Waals surface area contributed by atoms with Crippen LogP contribution in [0, 0.1) is 6.92 Å². The van der Waals surface area contributed by atoms with Crippen molar-refractivity contribution >= 4 is 63.0 Å². The first kappa shape index (κ1) is 21.3. The summed E-state index contributed by atoms with van der Waals surface area (Å²) in [5, 5.41) is 2.83. The molecule has 0 radical (unpaired) electrons. The van der Waals surface area contributed by atoms with Crippen LogP contribution < -0.4 is 10.2 Å². The molecule has 2 aromatic rings. The molecule has 1 fully saturated rings. The summed E-state index contributed by atoms with van der Waals surface area (Å²) in [5.41, 5.74) is 3.27. The normalized spacial score (nSPS) is 18.1. The van der Waals surface area contributed by atoms with Crippen molar-refractivity contribution in [3.8, 4) is 0 Å². The second kappa shape index (κ2) is 8.64. The maximum atomic E-state index is 13.4. The van der Waals surface area contributed by atoms with Gasteiger partial charge in [0.2, 0.25) is 5.91 Å². The number of carbonyl (C=O) groups is 3. The van der Waals surface area contributed by atoms with Gasteiger partial charge in [-0.05, 0) is 37.1 Å². The van der Waals surface area contributed by atoms with Crippen molar-refractivity contribution < 1.29 is 14.4 Å². The monoisotopic (exact) mass is 451 g/mol. The molecule has 0 aromatic heterocycles. The Morgan fingerprint density at radius 1 is 1.06 bits per heavy atom. The summed E-state index contributed by atoms with van der Waals surface area (Å²) in [6.07, 6.45) is 0.769. The highest BCUT2D eigenvalue weighted by Gasteiger charge is 2.42. The van der Waals surface area contributed by atoms with Gasteiger partial charge in [0.25, 0.3) is 11.8 Å². The number of para-hydroxylation sites is 1. The molecule has 158 valence electrons. The van der Waals surface area contributed by atoms with Crippen LogP contribution >= 0.6 is 24.0 Å². The summed E-state index contributed by atoms with van der Waals surface area (Å²) in [5.74, 6) is -0.924. The Bertz CT molecular complexity index is 1140. The lowest BCUT2D eigenvalue weighted by Gasteiger charge is -2.17. The molecule has 2 heterocycles. The van der Waals surface area contributed by atoms with E-state index in [-0.39, 0.29) is 24.3 Å². The first-order valence-corrected chi connectivity index (χ1v) is 11.2. The van der Waals surface area contributed by atoms with E-state index >= 15 is 0 Å². The van der Waals surface area contributed by atoms with Crippen molar-refractivity contribution in [3.63, 3.8) is 0 Å². The second-order valence-corrected chi connectivity index (χ2v) is 9.00. The van der Waals surface area contributed by atoms with Crippen LogP contribution in [0.25, 0.3) is 5.57 Å². The molecule has 0 unspecified atom stereocenters. The number of thioether (sulfide) groups is 1. The first-order chi connectivity index (χ1) is 14.9. The zero-order valence-corrected chi connectivity index (χ0v) is 18.8. The summed E-state index contributed by atoms with van der Waals surface area (Å²) in [6, 6.07) is 14.7. The number of hydrogen-bond donors (Lipinski definition) is 1. The standard InChI is InChI=1S/C23H21N3O3S2/c1-3-11-25-22(29)20(31-23(25)30)19-16-9-4-5-10-17(16)26(21(19)28)13-18(27)24-15-8-6-7-14(2)12-15/h4-10,12H,3,11,13H2,1-2H3,(H,24,27)/b20-19+. The molecule has 1 saturated heterocycles. The average Bonchev–Trinajstić information content (AvgIpc) is 3.16. The summed E-state index contributed by atoms with van der Waals surface area (Å²) < 4.78 is 0.454. The zero-order valence-electron chi connectivity index (χ0n) is 17.2. The Hall–Kier alpha value is -2.97. The molecule has 0 aliphatic carbocycles. The largest absolute Gasteiger partial charge is 0.325 e. The quantitative estimate of drug-likeness (QED) is 0.550. The smallest absolute Gasteiger partial charge is 0.267 e. The van der Waals surface area contributed by atoms with E-state index in [1.165, 1.54) is 9.80 Å². The second-order valence-electron chi connectivity index (χ2n) is 7.35. The average molecular weight is 452 g/mol. The summed E-state index contributed by atoms with van der Waals surface area (Å²) in [7, 11) is 0. The highest BCUT2D eigenvalue weighted by Crippen LogP contribution is 2.44. The number of anilines is 2. The number of amides is 3. The SMILES string of the molecule is CCCN1C(=O)/C(=C2\C(=O)N(CC(=O)Nc3cccc(C)c3)c3ccccc32)SC1=S. The van der Waals surface area contributed by atoms with E-state index in [0.717, 1.165) is 23.7 Å². The van der Waals surface area contributed by atoms with E-state index in [2.05, 4.69) is 5.32 Å². The van der Waals surface area contributed by atoms with Crippen LogP contribution in [0.3, 0.4) is 0 Å². The maximum Gasteiger partial charge on any atom is 0.267 e. The number of rotatable bonds is 5. The molecule has 2 aromatic carbocycles. The van der Waals surface area contributed by atoms with Gasteiger partial charge in [0.1, 0.15) is 10.9 Å². The van der Waals surface area contributed by atoms with E-state index in [1.807, 2.05) is 44.2 Å². The third-order valence-electron chi connectivity index (χ3n) is 5.05. The van der Waals surface area contributed by atoms with Gasteiger partial charge in [0, 0.05) is 17.8 Å². The molecule has 8 heteroatoms. The number of thiocarbonyl (C=S) groups is 1. The fourth-order valence-electron chi connectivity index (χ4n) is 3.69. The Morgan fingerprint density at radius 2 is 1.84 bits per heavy atom. The number of fused-ring (bicyclic) bond motifs is 1. The molecule has 1 N–H and O–H groups in total. The van der Waals surface area contributed by atoms with Crippen LogP contribution in [-0.4, -0.2) is 40.0 Å². The number of nitrogens with one attached hydrogen (secondary N) is 1. The molecule has 6 nitrogen and oxygen atoms in total. The Balaban J connectivity index is 1.65. The third-order valence-corrected chi connectivity index (χ3v) is 6.50. The third kappa shape index (κ3) is 4.00. The van der Waals surface area contributed by atoms with E-state index in [4.69, 9.17) is 12.2 Å². The lowest BCUT2D eigenvalue weighted by atomic mass is 10.1. The molecule has 2 aliphatic rings. The minimum absolute atomic E-state index is 0.150. The summed E-state index contributed by atoms with van der Waals surface area (Å²) >= 11 is 6.51. The number of aryl methyl sites for hydroxylation is 1. The van der Waals surface area contributed by atoms with Gasteiger partial charge in [-0.2, -0.15) is 0 Å². The Kier molecular flexibility index (Phi) is 5.93. The fourth-order valence-corrected chi connectivity index (χ4v) is 5.07. The lowest BCUT2D eigenvalue weighted by molar-refractivity contribution is -0.122. The number of hydrogen-bond acceptors (Lipinski definition) is 5. The Labute approximate surface area is 190 Å². The Morgan fingerprint density at radius 3 is 2.58 bits per heavy atom. The molecular formula is C23H21N3O3S2. The molecule has 4 rings (SSSR count). The molecule has 0 atom stereocenters. The minimum Gasteiger partial charge on any atom is -0.325 e. The van der Waals surface area contributed by atoms with Gasteiger partial charge in [0.15, 0.2) is 0 Å². The van der Waals surface area contributed by atoms with Crippen molar-refractivity contribution in [3.05, 3.63) is 64.6 Å². The van der Waals surface area contributed by atoms with E-state index in [9.17, 15) is 14.4 Å². The van der Waals surface area contributed by atoms with Gasteiger partial charge < -0.3 is 5.32 Å². The summed E-state index contributed by atoms with van der Waals surface area (Å²) in [4.78, 5) is 42.3. The van der Waals surface area contributed by atoms with Crippen molar-refractivity contribution in [2.45, 2.75) is 20.3 Å². The number of benzene rings is 2. The number of nitrogens with zero attached hydrogens (tertiary/aromatic N) is 2. The topological polar surface area (TPSA) is 69.7 Å². The van der Waals surface area contributed by atoms with Crippen LogP contribution in [0.4, 0.5) is 11.4 Å².